The molecule has 0 aliphatic heterocycles. The van der Waals surface area contributed by atoms with E-state index in [4.69, 9.17) is 10.8 Å². The Morgan fingerprint density at radius 2 is 2.17 bits per heavy atom. The highest BCUT2D eigenvalue weighted by Crippen LogP contribution is 2.18. The van der Waals surface area contributed by atoms with Crippen LogP contribution < -0.4 is 11.6 Å². The fourth-order valence-corrected chi connectivity index (χ4v) is 0.785. The first-order valence-corrected chi connectivity index (χ1v) is 3.14. The van der Waals surface area contributed by atoms with Crippen LogP contribution >= 0.6 is 0 Å². The van der Waals surface area contributed by atoms with Crippen molar-refractivity contribution in [2.24, 2.45) is 5.90 Å². The number of nitrogens with two attached hydrogens (primary N) is 2. The second-order valence-corrected chi connectivity index (χ2v) is 2.18. The molecule has 64 valence electrons. The number of phenols is 1. The van der Waals surface area contributed by atoms with Crippen LogP contribution in [0, 0.1) is 0 Å². The quantitative estimate of drug-likeness (QED) is 0.311. The number of nitrogen functional groups attached to an aromatic ring is 1. The first-order valence-electron chi connectivity index (χ1n) is 3.14. The summed E-state index contributed by atoms with van der Waals surface area (Å²) >= 11 is 0. The predicted molar refractivity (Wildman–Crippen MR) is 42.1 cm³/mol. The monoisotopic (exact) mass is 168 g/mol. The smallest absolute Gasteiger partial charge is 0.358 e. The first-order chi connectivity index (χ1) is 5.65. The van der Waals surface area contributed by atoms with Crippen LogP contribution in [-0.2, 0) is 4.84 Å². The van der Waals surface area contributed by atoms with Gasteiger partial charge in [-0.1, -0.05) is 0 Å². The lowest BCUT2D eigenvalue weighted by molar-refractivity contribution is 0.0504. The highest BCUT2D eigenvalue weighted by molar-refractivity contribution is 5.95. The highest BCUT2D eigenvalue weighted by atomic mass is 16.7. The molecule has 0 aliphatic carbocycles. The minimum atomic E-state index is -0.775. The standard InChI is InChI=1S/C7H8N2O3/c8-6-2-1-4(10)3-5(6)7(11)12-9/h1-3,10H,8-9H2. The molecule has 0 unspecified atom stereocenters. The second kappa shape index (κ2) is 3.10. The molecule has 12 heavy (non-hydrogen) atoms. The summed E-state index contributed by atoms with van der Waals surface area (Å²) in [5, 5.41) is 8.98. The number of carbonyl (C=O) groups is 1. The molecule has 0 amide bonds. The van der Waals surface area contributed by atoms with Crippen LogP contribution in [0.15, 0.2) is 18.2 Å². The molecule has 0 aliphatic rings. The normalized spacial score (nSPS) is 9.42. The van der Waals surface area contributed by atoms with E-state index in [0.29, 0.717) is 0 Å². The third kappa shape index (κ3) is 1.46. The maximum atomic E-state index is 10.8. The minimum absolute atomic E-state index is 0.0532. The molecule has 1 aromatic carbocycles. The van der Waals surface area contributed by atoms with Gasteiger partial charge in [-0.3, -0.25) is 0 Å². The van der Waals surface area contributed by atoms with E-state index in [1.165, 1.54) is 18.2 Å². The minimum Gasteiger partial charge on any atom is -0.508 e. The van der Waals surface area contributed by atoms with Crippen LogP contribution in [0.5, 0.6) is 5.75 Å². The Hall–Kier alpha value is -1.75. The van der Waals surface area contributed by atoms with Gasteiger partial charge in [-0.2, -0.15) is 5.90 Å². The summed E-state index contributed by atoms with van der Waals surface area (Å²) in [6, 6.07) is 3.94. The summed E-state index contributed by atoms with van der Waals surface area (Å²) in [6.07, 6.45) is 0. The SMILES string of the molecule is NOC(=O)c1cc(O)ccc1N. The fraction of sp³-hybridized carbons (Fsp3) is 0. The zero-order chi connectivity index (χ0) is 9.14. The molecule has 0 spiro atoms. The number of phenolic OH excluding ortho intramolecular Hbond substituents is 1. The van der Waals surface area contributed by atoms with Crippen molar-refractivity contribution in [2.75, 3.05) is 5.73 Å². The Morgan fingerprint density at radius 3 is 2.75 bits per heavy atom. The molecule has 5 N–H and O–H groups in total. The maximum Gasteiger partial charge on any atom is 0.358 e. The van der Waals surface area contributed by atoms with Gasteiger partial charge in [-0.25, -0.2) is 4.79 Å². The lowest BCUT2D eigenvalue weighted by Crippen LogP contribution is -2.12. The number of hydrogen-bond donors (Lipinski definition) is 3. The fourth-order valence-electron chi connectivity index (χ4n) is 0.785. The summed E-state index contributed by atoms with van der Waals surface area (Å²) < 4.78 is 0. The molecule has 0 fully saturated rings. The van der Waals surface area contributed by atoms with Crippen molar-refractivity contribution in [3.05, 3.63) is 23.8 Å². The summed E-state index contributed by atoms with van der Waals surface area (Å²) in [5.74, 6) is 3.80. The lowest BCUT2D eigenvalue weighted by Gasteiger charge is -2.02. The van der Waals surface area contributed by atoms with Crippen molar-refractivity contribution >= 4 is 11.7 Å². The summed E-state index contributed by atoms with van der Waals surface area (Å²) in [7, 11) is 0. The van der Waals surface area contributed by atoms with Crippen LogP contribution in [0.1, 0.15) is 10.4 Å². The van der Waals surface area contributed by atoms with Gasteiger partial charge in [0, 0.05) is 5.69 Å². The highest BCUT2D eigenvalue weighted by Gasteiger charge is 2.10. The Labute approximate surface area is 68.5 Å². The molecular formula is C7H8N2O3. The van der Waals surface area contributed by atoms with Crippen molar-refractivity contribution in [3.8, 4) is 5.75 Å². The number of benzene rings is 1. The summed E-state index contributed by atoms with van der Waals surface area (Å²) in [6.45, 7) is 0. The molecule has 0 radical (unpaired) electrons. The lowest BCUT2D eigenvalue weighted by atomic mass is 10.2. The number of hydrogen-bond acceptors (Lipinski definition) is 5. The van der Waals surface area contributed by atoms with Gasteiger partial charge in [0.15, 0.2) is 0 Å². The third-order valence-corrected chi connectivity index (χ3v) is 1.36. The average molecular weight is 168 g/mol. The molecule has 1 rings (SSSR count). The van der Waals surface area contributed by atoms with E-state index in [9.17, 15) is 4.79 Å². The van der Waals surface area contributed by atoms with Gasteiger partial charge in [0.1, 0.15) is 5.75 Å². The second-order valence-electron chi connectivity index (χ2n) is 2.18. The first kappa shape index (κ1) is 8.35. The molecular weight excluding hydrogens is 160 g/mol. The van der Waals surface area contributed by atoms with E-state index < -0.39 is 5.97 Å². The van der Waals surface area contributed by atoms with Gasteiger partial charge in [0.25, 0.3) is 0 Å². The number of anilines is 1. The average Bonchev–Trinajstić information content (AvgIpc) is 2.08. The topological polar surface area (TPSA) is 98.6 Å². The third-order valence-electron chi connectivity index (χ3n) is 1.36. The number of aromatic hydroxyl groups is 1. The Kier molecular flexibility index (Phi) is 2.16. The molecule has 0 bridgehead atoms. The van der Waals surface area contributed by atoms with Crippen molar-refractivity contribution in [1.82, 2.24) is 0 Å². The molecule has 0 atom stereocenters. The van der Waals surface area contributed by atoms with E-state index in [2.05, 4.69) is 10.7 Å². The molecule has 5 nitrogen and oxygen atoms in total. The van der Waals surface area contributed by atoms with Crippen molar-refractivity contribution < 1.29 is 14.7 Å². The van der Waals surface area contributed by atoms with Gasteiger partial charge in [-0.15, -0.1) is 0 Å². The Bertz CT molecular complexity index is 312. The van der Waals surface area contributed by atoms with Crippen molar-refractivity contribution in [2.45, 2.75) is 0 Å². The van der Waals surface area contributed by atoms with Crippen LogP contribution in [-0.4, -0.2) is 11.1 Å². The molecule has 0 heterocycles. The van der Waals surface area contributed by atoms with E-state index in [0.717, 1.165) is 0 Å². The number of carbonyl (C=O) groups excluding carboxylic acids is 1. The van der Waals surface area contributed by atoms with E-state index in [1.807, 2.05) is 0 Å². The van der Waals surface area contributed by atoms with Gasteiger partial charge in [-0.05, 0) is 18.2 Å². The maximum absolute atomic E-state index is 10.8. The predicted octanol–water partition coefficient (Wildman–Crippen LogP) is 0.00490. The van der Waals surface area contributed by atoms with Crippen molar-refractivity contribution in [1.29, 1.82) is 0 Å². The van der Waals surface area contributed by atoms with Crippen LogP contribution in [0.4, 0.5) is 5.69 Å². The molecule has 0 saturated carbocycles. The van der Waals surface area contributed by atoms with Crippen LogP contribution in [0.3, 0.4) is 0 Å². The van der Waals surface area contributed by atoms with Gasteiger partial charge >= 0.3 is 5.97 Å². The van der Waals surface area contributed by atoms with Gasteiger partial charge in [0.05, 0.1) is 5.56 Å². The van der Waals surface area contributed by atoms with Crippen LogP contribution in [0.25, 0.3) is 0 Å². The molecule has 0 aromatic heterocycles. The van der Waals surface area contributed by atoms with E-state index in [-0.39, 0.29) is 17.0 Å². The molecule has 0 saturated heterocycles. The summed E-state index contributed by atoms with van der Waals surface area (Å²) in [4.78, 5) is 14.8. The zero-order valence-electron chi connectivity index (χ0n) is 6.15. The van der Waals surface area contributed by atoms with Crippen LogP contribution in [0.2, 0.25) is 0 Å². The van der Waals surface area contributed by atoms with Crippen molar-refractivity contribution in [3.63, 3.8) is 0 Å². The Balaban J connectivity index is 3.13. The molecule has 1 aromatic rings. The van der Waals surface area contributed by atoms with Gasteiger partial charge in [0.2, 0.25) is 0 Å². The van der Waals surface area contributed by atoms with E-state index in [1.54, 1.807) is 0 Å². The summed E-state index contributed by atoms with van der Waals surface area (Å²) in [5.41, 5.74) is 5.66. The molecule has 5 heteroatoms. The number of rotatable bonds is 1. The largest absolute Gasteiger partial charge is 0.508 e. The van der Waals surface area contributed by atoms with Gasteiger partial charge < -0.3 is 15.7 Å². The van der Waals surface area contributed by atoms with E-state index >= 15 is 0 Å². The zero-order valence-corrected chi connectivity index (χ0v) is 6.15. The Morgan fingerprint density at radius 1 is 1.50 bits per heavy atom.